The molecule has 0 saturated carbocycles. The summed E-state index contributed by atoms with van der Waals surface area (Å²) in [6.07, 6.45) is 2.59. The first kappa shape index (κ1) is 14.8. The molecular weight excluding hydrogens is 256 g/mol. The van der Waals surface area contributed by atoms with Crippen molar-refractivity contribution in [3.63, 3.8) is 0 Å². The lowest BCUT2D eigenvalue weighted by molar-refractivity contribution is -0.134. The van der Waals surface area contributed by atoms with Crippen LogP contribution in [0.2, 0.25) is 0 Å². The molecule has 0 bridgehead atoms. The minimum Gasteiger partial charge on any atom is -0.482 e. The van der Waals surface area contributed by atoms with Crippen molar-refractivity contribution < 1.29 is 14.6 Å². The zero-order valence-corrected chi connectivity index (χ0v) is 12.1. The van der Waals surface area contributed by atoms with Crippen LogP contribution in [0.15, 0.2) is 12.1 Å². The number of hydrogen-bond donors (Lipinski definition) is 1. The molecule has 1 atom stereocenters. The fourth-order valence-electron chi connectivity index (χ4n) is 2.56. The second-order valence-corrected chi connectivity index (χ2v) is 5.11. The second kappa shape index (κ2) is 6.70. The van der Waals surface area contributed by atoms with Crippen molar-refractivity contribution in [3.8, 4) is 5.75 Å². The van der Waals surface area contributed by atoms with Gasteiger partial charge in [0.1, 0.15) is 5.75 Å². The van der Waals surface area contributed by atoms with E-state index >= 15 is 0 Å². The van der Waals surface area contributed by atoms with Crippen LogP contribution in [0.4, 0.5) is 0 Å². The van der Waals surface area contributed by atoms with E-state index in [0.717, 1.165) is 30.7 Å². The van der Waals surface area contributed by atoms with Gasteiger partial charge in [0.15, 0.2) is 6.61 Å². The van der Waals surface area contributed by atoms with Gasteiger partial charge in [0.05, 0.1) is 18.3 Å². The molecule has 110 valence electrons. The molecular formula is C15H22N2O3. The zero-order valence-electron chi connectivity index (χ0n) is 12.1. The molecule has 2 heterocycles. The fraction of sp³-hybridized carbons (Fsp3) is 0.600. The molecule has 1 aromatic rings. The maximum absolute atomic E-state index is 12.1. The SMILES string of the molecule is CCc1nc(C)ccc1OCC(=O)N1CCC[C@H]1CO. The number of aryl methyl sites for hydroxylation is 2. The van der Waals surface area contributed by atoms with E-state index in [4.69, 9.17) is 4.74 Å². The molecule has 5 heteroatoms. The minimum atomic E-state index is -0.0656. The first-order valence-corrected chi connectivity index (χ1v) is 7.15. The standard InChI is InChI=1S/C15H22N2O3/c1-3-13-14(7-6-11(2)16-13)20-10-15(19)17-8-4-5-12(17)9-18/h6-7,12,18H,3-5,8-10H2,1-2H3/t12-/m0/s1. The molecule has 1 aliphatic rings. The van der Waals surface area contributed by atoms with Crippen LogP contribution in [0, 0.1) is 6.92 Å². The summed E-state index contributed by atoms with van der Waals surface area (Å²) in [5.41, 5.74) is 1.82. The van der Waals surface area contributed by atoms with E-state index in [0.29, 0.717) is 12.3 Å². The highest BCUT2D eigenvalue weighted by molar-refractivity contribution is 5.78. The van der Waals surface area contributed by atoms with Crippen LogP contribution in [0.25, 0.3) is 0 Å². The van der Waals surface area contributed by atoms with E-state index in [1.807, 2.05) is 26.0 Å². The lowest BCUT2D eigenvalue weighted by Gasteiger charge is -2.23. The first-order valence-electron chi connectivity index (χ1n) is 7.15. The van der Waals surface area contributed by atoms with Gasteiger partial charge in [-0.05, 0) is 38.3 Å². The van der Waals surface area contributed by atoms with Gasteiger partial charge in [-0.2, -0.15) is 0 Å². The molecule has 1 aliphatic heterocycles. The number of ether oxygens (including phenoxy) is 1. The number of carbonyl (C=O) groups is 1. The van der Waals surface area contributed by atoms with Gasteiger partial charge in [0.2, 0.25) is 0 Å². The Morgan fingerprint density at radius 1 is 1.55 bits per heavy atom. The van der Waals surface area contributed by atoms with Gasteiger partial charge < -0.3 is 14.7 Å². The topological polar surface area (TPSA) is 62.7 Å². The summed E-state index contributed by atoms with van der Waals surface area (Å²) in [5.74, 6) is 0.607. The Labute approximate surface area is 119 Å². The van der Waals surface area contributed by atoms with E-state index in [1.54, 1.807) is 4.90 Å². The number of carbonyl (C=O) groups excluding carboxylic acids is 1. The van der Waals surface area contributed by atoms with E-state index in [-0.39, 0.29) is 25.2 Å². The molecule has 1 fully saturated rings. The number of rotatable bonds is 5. The molecule has 0 aromatic carbocycles. The van der Waals surface area contributed by atoms with Crippen molar-refractivity contribution in [1.29, 1.82) is 0 Å². The summed E-state index contributed by atoms with van der Waals surface area (Å²) < 4.78 is 5.61. The van der Waals surface area contributed by atoms with Crippen molar-refractivity contribution >= 4 is 5.91 Å². The van der Waals surface area contributed by atoms with Crippen LogP contribution in [-0.2, 0) is 11.2 Å². The number of aliphatic hydroxyl groups is 1. The highest BCUT2D eigenvalue weighted by atomic mass is 16.5. The molecule has 0 unspecified atom stereocenters. The molecule has 1 N–H and O–H groups in total. The summed E-state index contributed by atoms with van der Waals surface area (Å²) in [7, 11) is 0. The van der Waals surface area contributed by atoms with Crippen molar-refractivity contribution in [2.45, 2.75) is 39.2 Å². The van der Waals surface area contributed by atoms with Crippen LogP contribution in [0.5, 0.6) is 5.75 Å². The van der Waals surface area contributed by atoms with Crippen LogP contribution < -0.4 is 4.74 Å². The molecule has 2 rings (SSSR count). The Hall–Kier alpha value is -1.62. The van der Waals surface area contributed by atoms with Gasteiger partial charge >= 0.3 is 0 Å². The Morgan fingerprint density at radius 2 is 2.35 bits per heavy atom. The third-order valence-corrected chi connectivity index (χ3v) is 3.67. The van der Waals surface area contributed by atoms with Crippen molar-refractivity contribution in [1.82, 2.24) is 9.88 Å². The maximum atomic E-state index is 12.1. The van der Waals surface area contributed by atoms with E-state index in [9.17, 15) is 9.90 Å². The quantitative estimate of drug-likeness (QED) is 0.882. The van der Waals surface area contributed by atoms with Crippen molar-refractivity contribution in [3.05, 3.63) is 23.5 Å². The van der Waals surface area contributed by atoms with Crippen LogP contribution >= 0.6 is 0 Å². The number of aliphatic hydroxyl groups excluding tert-OH is 1. The van der Waals surface area contributed by atoms with E-state index in [2.05, 4.69) is 4.98 Å². The molecule has 1 saturated heterocycles. The third-order valence-electron chi connectivity index (χ3n) is 3.67. The van der Waals surface area contributed by atoms with Crippen molar-refractivity contribution in [2.24, 2.45) is 0 Å². The fourth-order valence-corrected chi connectivity index (χ4v) is 2.56. The van der Waals surface area contributed by atoms with Gasteiger partial charge in [-0.15, -0.1) is 0 Å². The Kier molecular flexibility index (Phi) is 4.95. The molecule has 1 aromatic heterocycles. The van der Waals surface area contributed by atoms with Crippen LogP contribution in [-0.4, -0.2) is 46.7 Å². The Bertz CT molecular complexity index is 476. The highest BCUT2D eigenvalue weighted by Gasteiger charge is 2.28. The molecule has 1 amide bonds. The number of hydrogen-bond acceptors (Lipinski definition) is 4. The Morgan fingerprint density at radius 3 is 3.05 bits per heavy atom. The predicted molar refractivity (Wildman–Crippen MR) is 75.7 cm³/mol. The highest BCUT2D eigenvalue weighted by Crippen LogP contribution is 2.19. The van der Waals surface area contributed by atoms with Gasteiger partial charge in [-0.25, -0.2) is 0 Å². The van der Waals surface area contributed by atoms with Gasteiger partial charge in [0, 0.05) is 12.2 Å². The Balaban J connectivity index is 1.96. The molecule has 20 heavy (non-hydrogen) atoms. The molecule has 0 radical (unpaired) electrons. The number of amides is 1. The maximum Gasteiger partial charge on any atom is 0.260 e. The number of nitrogens with zero attached hydrogens (tertiary/aromatic N) is 2. The molecule has 0 aliphatic carbocycles. The van der Waals surface area contributed by atoms with Crippen LogP contribution in [0.1, 0.15) is 31.2 Å². The lowest BCUT2D eigenvalue weighted by atomic mass is 10.2. The summed E-state index contributed by atoms with van der Waals surface area (Å²) >= 11 is 0. The van der Waals surface area contributed by atoms with E-state index in [1.165, 1.54) is 0 Å². The number of aromatic nitrogens is 1. The lowest BCUT2D eigenvalue weighted by Crippen LogP contribution is -2.40. The normalized spacial score (nSPS) is 18.4. The van der Waals surface area contributed by atoms with Gasteiger partial charge in [0.25, 0.3) is 5.91 Å². The van der Waals surface area contributed by atoms with Crippen LogP contribution in [0.3, 0.4) is 0 Å². The summed E-state index contributed by atoms with van der Waals surface area (Å²) in [6, 6.07) is 3.70. The summed E-state index contributed by atoms with van der Waals surface area (Å²) in [4.78, 5) is 18.2. The molecule has 5 nitrogen and oxygen atoms in total. The average molecular weight is 278 g/mol. The largest absolute Gasteiger partial charge is 0.482 e. The minimum absolute atomic E-state index is 0.00818. The molecule has 0 spiro atoms. The van der Waals surface area contributed by atoms with E-state index < -0.39 is 0 Å². The predicted octanol–water partition coefficient (Wildman–Crippen LogP) is 1.31. The zero-order chi connectivity index (χ0) is 14.5. The third kappa shape index (κ3) is 3.28. The number of pyridine rings is 1. The summed E-state index contributed by atoms with van der Waals surface area (Å²) in [5, 5.41) is 9.24. The average Bonchev–Trinajstić information content (AvgIpc) is 2.94. The smallest absolute Gasteiger partial charge is 0.260 e. The van der Waals surface area contributed by atoms with Gasteiger partial charge in [-0.1, -0.05) is 6.92 Å². The van der Waals surface area contributed by atoms with Gasteiger partial charge in [-0.3, -0.25) is 9.78 Å². The number of likely N-dealkylation sites (tertiary alicyclic amines) is 1. The van der Waals surface area contributed by atoms with Crippen molar-refractivity contribution in [2.75, 3.05) is 19.8 Å². The first-order chi connectivity index (χ1) is 9.65. The monoisotopic (exact) mass is 278 g/mol. The second-order valence-electron chi connectivity index (χ2n) is 5.11. The summed E-state index contributed by atoms with van der Waals surface area (Å²) in [6.45, 7) is 4.69.